The van der Waals surface area contributed by atoms with Crippen LogP contribution in [0.15, 0.2) is 91.3 Å². The summed E-state index contributed by atoms with van der Waals surface area (Å²) in [4.78, 5) is 32.9. The van der Waals surface area contributed by atoms with Crippen LogP contribution in [0.1, 0.15) is 57.2 Å². The number of ether oxygens (including phenoxy) is 1. The van der Waals surface area contributed by atoms with Crippen molar-refractivity contribution in [2.24, 2.45) is 0 Å². The van der Waals surface area contributed by atoms with E-state index in [1.165, 1.54) is 11.1 Å². The van der Waals surface area contributed by atoms with E-state index in [4.69, 9.17) is 4.74 Å². The molecule has 1 aromatic heterocycles. The molecular weight excluding hydrogens is 500 g/mol. The molecule has 7 heteroatoms. The van der Waals surface area contributed by atoms with Gasteiger partial charge in [0, 0.05) is 49.0 Å². The van der Waals surface area contributed by atoms with Gasteiger partial charge in [0.1, 0.15) is 5.75 Å². The van der Waals surface area contributed by atoms with Crippen LogP contribution in [0.5, 0.6) is 5.75 Å². The van der Waals surface area contributed by atoms with Crippen LogP contribution in [0, 0.1) is 0 Å². The monoisotopic (exact) mass is 534 g/mol. The molecule has 2 amide bonds. The minimum Gasteiger partial charge on any atom is -0.494 e. The average Bonchev–Trinajstić information content (AvgIpc) is 3.00. The molecule has 0 radical (unpaired) electrons. The molecule has 7 nitrogen and oxygen atoms in total. The highest BCUT2D eigenvalue weighted by molar-refractivity contribution is 6.06. The predicted molar refractivity (Wildman–Crippen MR) is 158 cm³/mol. The van der Waals surface area contributed by atoms with Crippen LogP contribution >= 0.6 is 0 Å². The number of benzene rings is 3. The predicted octanol–water partition coefficient (Wildman–Crippen LogP) is 6.01. The molecule has 0 saturated heterocycles. The molecule has 204 valence electrons. The lowest BCUT2D eigenvalue weighted by Gasteiger charge is -2.32. The quantitative estimate of drug-likeness (QED) is 0.244. The molecule has 0 bridgehead atoms. The number of hydrogen-bond donors (Lipinski definition) is 2. The number of unbranched alkanes of at least 4 members (excludes halogenated alkanes) is 1. The van der Waals surface area contributed by atoms with Gasteiger partial charge in [-0.3, -0.25) is 14.6 Å². The zero-order chi connectivity index (χ0) is 27.7. The van der Waals surface area contributed by atoms with Crippen molar-refractivity contribution < 1.29 is 14.3 Å². The molecule has 2 N–H and O–H groups in total. The van der Waals surface area contributed by atoms with E-state index in [0.717, 1.165) is 49.4 Å². The molecular formula is C33H34N4O3. The van der Waals surface area contributed by atoms with E-state index < -0.39 is 0 Å². The summed E-state index contributed by atoms with van der Waals surface area (Å²) in [6.45, 7) is 4.65. The number of pyridine rings is 1. The van der Waals surface area contributed by atoms with Crippen molar-refractivity contribution in [3.8, 4) is 5.75 Å². The fraction of sp³-hybridized carbons (Fsp3) is 0.242. The highest BCUT2D eigenvalue weighted by Crippen LogP contribution is 2.30. The number of fused-ring (bicyclic) bond motifs is 1. The largest absolute Gasteiger partial charge is 0.494 e. The lowest BCUT2D eigenvalue weighted by atomic mass is 9.98. The van der Waals surface area contributed by atoms with Crippen molar-refractivity contribution >= 4 is 23.2 Å². The van der Waals surface area contributed by atoms with E-state index in [9.17, 15) is 9.59 Å². The molecule has 3 aromatic carbocycles. The van der Waals surface area contributed by atoms with Gasteiger partial charge in [-0.2, -0.15) is 0 Å². The lowest BCUT2D eigenvalue weighted by molar-refractivity contribution is 0.0950. The number of carbonyl (C=O) groups excluding carboxylic acids is 2. The minimum absolute atomic E-state index is 0.206. The second-order valence-electron chi connectivity index (χ2n) is 9.90. The molecule has 0 saturated carbocycles. The summed E-state index contributed by atoms with van der Waals surface area (Å²) in [7, 11) is 0. The van der Waals surface area contributed by atoms with Gasteiger partial charge in [-0.05, 0) is 78.1 Å². The molecule has 0 fully saturated rings. The first-order valence-electron chi connectivity index (χ1n) is 13.8. The Balaban J connectivity index is 1.35. The maximum Gasteiger partial charge on any atom is 0.255 e. The summed E-state index contributed by atoms with van der Waals surface area (Å²) < 4.78 is 5.70. The van der Waals surface area contributed by atoms with Crippen LogP contribution in [0.2, 0.25) is 0 Å². The Hall–Kier alpha value is -4.65. The van der Waals surface area contributed by atoms with Gasteiger partial charge in [0.15, 0.2) is 0 Å². The summed E-state index contributed by atoms with van der Waals surface area (Å²) in [6, 6.07) is 24.8. The fourth-order valence-electron chi connectivity index (χ4n) is 4.79. The molecule has 1 aliphatic rings. The highest BCUT2D eigenvalue weighted by Gasteiger charge is 2.22. The van der Waals surface area contributed by atoms with Crippen molar-refractivity contribution in [1.29, 1.82) is 0 Å². The van der Waals surface area contributed by atoms with Gasteiger partial charge in [-0.25, -0.2) is 0 Å². The molecule has 0 atom stereocenters. The second-order valence-corrected chi connectivity index (χ2v) is 9.90. The average molecular weight is 535 g/mol. The van der Waals surface area contributed by atoms with Crippen molar-refractivity contribution in [3.63, 3.8) is 0 Å². The third-order valence-electron chi connectivity index (χ3n) is 7.03. The van der Waals surface area contributed by atoms with Gasteiger partial charge in [-0.1, -0.05) is 43.7 Å². The molecule has 1 aliphatic heterocycles. The lowest BCUT2D eigenvalue weighted by Crippen LogP contribution is -2.33. The third kappa shape index (κ3) is 6.67. The molecule has 2 heterocycles. The van der Waals surface area contributed by atoms with Crippen LogP contribution in [0.4, 0.5) is 11.4 Å². The topological polar surface area (TPSA) is 83.6 Å². The van der Waals surface area contributed by atoms with Crippen molar-refractivity contribution in [3.05, 3.63) is 119 Å². The van der Waals surface area contributed by atoms with E-state index in [0.29, 0.717) is 30.0 Å². The van der Waals surface area contributed by atoms with Crippen molar-refractivity contribution in [2.45, 2.75) is 39.3 Å². The summed E-state index contributed by atoms with van der Waals surface area (Å²) in [6.07, 6.45) is 6.40. The van der Waals surface area contributed by atoms with E-state index in [1.54, 1.807) is 42.7 Å². The van der Waals surface area contributed by atoms with E-state index in [-0.39, 0.29) is 11.8 Å². The smallest absolute Gasteiger partial charge is 0.255 e. The Bertz CT molecular complexity index is 1450. The summed E-state index contributed by atoms with van der Waals surface area (Å²) in [5.41, 5.74) is 5.94. The molecule has 40 heavy (non-hydrogen) atoms. The number of nitrogens with one attached hydrogen (secondary N) is 2. The normalized spacial score (nSPS) is 12.4. The Kier molecular flexibility index (Phi) is 8.71. The molecule has 0 unspecified atom stereocenters. The van der Waals surface area contributed by atoms with Crippen molar-refractivity contribution in [1.82, 2.24) is 10.3 Å². The van der Waals surface area contributed by atoms with Gasteiger partial charge in [-0.15, -0.1) is 0 Å². The number of rotatable bonds is 10. The summed E-state index contributed by atoms with van der Waals surface area (Å²) in [5.74, 6) is 0.286. The fourth-order valence-corrected chi connectivity index (χ4v) is 4.79. The Labute approximate surface area is 235 Å². The SMILES string of the molecule is CCCCOc1ccc(C(=O)Nc2ccc(N3CCc4ccccc4C3)c(C(=O)NCc3cccnc3)c2)cc1. The van der Waals surface area contributed by atoms with Gasteiger partial charge < -0.3 is 20.3 Å². The highest BCUT2D eigenvalue weighted by atomic mass is 16.5. The number of hydrogen-bond acceptors (Lipinski definition) is 5. The molecule has 0 spiro atoms. The number of amides is 2. The van der Waals surface area contributed by atoms with E-state index in [2.05, 4.69) is 45.6 Å². The van der Waals surface area contributed by atoms with E-state index >= 15 is 0 Å². The molecule has 5 rings (SSSR count). The summed E-state index contributed by atoms with van der Waals surface area (Å²) >= 11 is 0. The Morgan fingerprint density at radius 2 is 1.77 bits per heavy atom. The number of nitrogens with zero attached hydrogens (tertiary/aromatic N) is 2. The number of carbonyl (C=O) groups is 2. The number of anilines is 2. The first kappa shape index (κ1) is 26.9. The zero-order valence-corrected chi connectivity index (χ0v) is 22.7. The zero-order valence-electron chi connectivity index (χ0n) is 22.7. The van der Waals surface area contributed by atoms with Crippen LogP contribution in [0.25, 0.3) is 0 Å². The van der Waals surface area contributed by atoms with Crippen LogP contribution in [-0.4, -0.2) is 29.9 Å². The number of aromatic nitrogens is 1. The molecule has 0 aliphatic carbocycles. The maximum absolute atomic E-state index is 13.5. The van der Waals surface area contributed by atoms with Gasteiger partial charge in [0.25, 0.3) is 11.8 Å². The Morgan fingerprint density at radius 3 is 2.55 bits per heavy atom. The maximum atomic E-state index is 13.5. The Morgan fingerprint density at radius 1 is 0.950 bits per heavy atom. The third-order valence-corrected chi connectivity index (χ3v) is 7.03. The van der Waals surface area contributed by atoms with Crippen LogP contribution in [0.3, 0.4) is 0 Å². The first-order valence-corrected chi connectivity index (χ1v) is 13.8. The van der Waals surface area contributed by atoms with Crippen molar-refractivity contribution in [2.75, 3.05) is 23.4 Å². The van der Waals surface area contributed by atoms with Crippen LogP contribution in [-0.2, 0) is 19.5 Å². The van der Waals surface area contributed by atoms with Crippen LogP contribution < -0.4 is 20.3 Å². The first-order chi connectivity index (χ1) is 19.6. The summed E-state index contributed by atoms with van der Waals surface area (Å²) in [5, 5.41) is 5.98. The minimum atomic E-state index is -0.249. The molecule has 4 aromatic rings. The second kappa shape index (κ2) is 12.9. The van der Waals surface area contributed by atoms with Gasteiger partial charge in [0.05, 0.1) is 12.2 Å². The standard InChI is InChI=1S/C33H34N4O3/c1-2-3-19-40-29-13-10-26(11-14-29)32(38)36-28-12-15-31(37-18-16-25-8-4-5-9-27(25)23-37)30(20-28)33(39)35-22-24-7-6-17-34-21-24/h4-15,17,20-21H,2-3,16,18-19,22-23H2,1H3,(H,35,39)(H,36,38). The van der Waals surface area contributed by atoms with Gasteiger partial charge in [0.2, 0.25) is 0 Å². The van der Waals surface area contributed by atoms with E-state index in [1.807, 2.05) is 30.3 Å². The van der Waals surface area contributed by atoms with Gasteiger partial charge >= 0.3 is 0 Å².